The molecule has 0 bridgehead atoms. The number of benzene rings is 1. The van der Waals surface area contributed by atoms with E-state index in [0.717, 1.165) is 12.1 Å². The van der Waals surface area contributed by atoms with Crippen molar-refractivity contribution < 1.29 is 18.0 Å². The number of hydrogen-bond acceptors (Lipinski definition) is 2. The Kier molecular flexibility index (Phi) is 5.90. The van der Waals surface area contributed by atoms with Crippen LogP contribution in [-0.4, -0.2) is 36.5 Å². The molecule has 1 heterocycles. The number of amides is 1. The van der Waals surface area contributed by atoms with Crippen molar-refractivity contribution in [1.82, 2.24) is 10.2 Å². The van der Waals surface area contributed by atoms with Gasteiger partial charge >= 0.3 is 6.18 Å². The van der Waals surface area contributed by atoms with Crippen LogP contribution >= 0.6 is 24.0 Å². The third-order valence-corrected chi connectivity index (χ3v) is 3.50. The fraction of sp³-hybridized carbons (Fsp3) is 0.462. The maximum Gasteiger partial charge on any atom is 0.417 e. The summed E-state index contributed by atoms with van der Waals surface area (Å²) >= 11 is 5.54. The molecule has 1 aromatic carbocycles. The Morgan fingerprint density at radius 3 is 2.67 bits per heavy atom. The first-order valence-corrected chi connectivity index (χ1v) is 6.56. The van der Waals surface area contributed by atoms with E-state index >= 15 is 0 Å². The lowest BCUT2D eigenvalue weighted by Gasteiger charge is -2.32. The van der Waals surface area contributed by atoms with Gasteiger partial charge in [0.05, 0.1) is 10.6 Å². The Hall–Kier alpha value is -0.980. The van der Waals surface area contributed by atoms with Crippen LogP contribution in [0.25, 0.3) is 0 Å². The zero-order valence-electron chi connectivity index (χ0n) is 11.2. The predicted octanol–water partition coefficient (Wildman–Crippen LogP) is 3.21. The van der Waals surface area contributed by atoms with E-state index < -0.39 is 22.7 Å². The predicted molar refractivity (Wildman–Crippen MR) is 77.1 cm³/mol. The SMILES string of the molecule is C[C@@H]1CN(C(=O)c2ccc(Cl)c(C(F)(F)F)c2)CCN1.Cl. The van der Waals surface area contributed by atoms with E-state index in [1.165, 1.54) is 6.07 Å². The van der Waals surface area contributed by atoms with Crippen molar-refractivity contribution in [2.45, 2.75) is 19.1 Å². The molecule has 8 heteroatoms. The van der Waals surface area contributed by atoms with E-state index in [2.05, 4.69) is 5.32 Å². The minimum atomic E-state index is -4.57. The number of carbonyl (C=O) groups excluding carboxylic acids is 1. The first-order valence-electron chi connectivity index (χ1n) is 6.18. The Morgan fingerprint density at radius 2 is 2.10 bits per heavy atom. The Morgan fingerprint density at radius 1 is 1.43 bits per heavy atom. The van der Waals surface area contributed by atoms with Crippen molar-refractivity contribution in [2.24, 2.45) is 0 Å². The van der Waals surface area contributed by atoms with E-state index in [0.29, 0.717) is 19.6 Å². The molecule has 1 amide bonds. The summed E-state index contributed by atoms with van der Waals surface area (Å²) in [6.07, 6.45) is -4.57. The molecule has 2 rings (SSSR count). The summed E-state index contributed by atoms with van der Waals surface area (Å²) in [6, 6.07) is 3.38. The minimum Gasteiger partial charge on any atom is -0.336 e. The summed E-state index contributed by atoms with van der Waals surface area (Å²) in [5.41, 5.74) is -0.968. The maximum atomic E-state index is 12.8. The largest absolute Gasteiger partial charge is 0.417 e. The Balaban J connectivity index is 0.00000220. The molecule has 0 saturated carbocycles. The van der Waals surface area contributed by atoms with E-state index in [-0.39, 0.29) is 24.0 Å². The van der Waals surface area contributed by atoms with Gasteiger partial charge in [0.2, 0.25) is 0 Å². The van der Waals surface area contributed by atoms with E-state index in [9.17, 15) is 18.0 Å². The van der Waals surface area contributed by atoms with Crippen LogP contribution < -0.4 is 5.32 Å². The molecule has 0 aromatic heterocycles. The van der Waals surface area contributed by atoms with E-state index in [4.69, 9.17) is 11.6 Å². The molecule has 0 spiro atoms. The number of rotatable bonds is 1. The molecule has 1 aliphatic heterocycles. The molecule has 0 radical (unpaired) electrons. The number of nitrogens with zero attached hydrogens (tertiary/aromatic N) is 1. The maximum absolute atomic E-state index is 12.8. The fourth-order valence-corrected chi connectivity index (χ4v) is 2.40. The number of alkyl halides is 3. The van der Waals surface area contributed by atoms with Gasteiger partial charge in [0, 0.05) is 31.2 Å². The Labute approximate surface area is 131 Å². The molecule has 0 unspecified atom stereocenters. The molecule has 0 aliphatic carbocycles. The third kappa shape index (κ3) is 4.25. The molecule has 1 N–H and O–H groups in total. The van der Waals surface area contributed by atoms with Crippen molar-refractivity contribution in [3.63, 3.8) is 0 Å². The molecule has 1 aliphatic rings. The summed E-state index contributed by atoms with van der Waals surface area (Å²) < 4.78 is 38.3. The lowest BCUT2D eigenvalue weighted by Crippen LogP contribution is -2.51. The summed E-state index contributed by atoms with van der Waals surface area (Å²) in [7, 11) is 0. The quantitative estimate of drug-likeness (QED) is 0.849. The van der Waals surface area contributed by atoms with Gasteiger partial charge in [-0.25, -0.2) is 0 Å². The van der Waals surface area contributed by atoms with Crippen LogP contribution in [-0.2, 0) is 6.18 Å². The molecule has 1 atom stereocenters. The van der Waals surface area contributed by atoms with Crippen LogP contribution in [0.2, 0.25) is 5.02 Å². The smallest absolute Gasteiger partial charge is 0.336 e. The van der Waals surface area contributed by atoms with Crippen molar-refractivity contribution in [3.8, 4) is 0 Å². The molecule has 1 saturated heterocycles. The van der Waals surface area contributed by atoms with Gasteiger partial charge < -0.3 is 10.2 Å². The molecular weight excluding hydrogens is 328 g/mol. The van der Waals surface area contributed by atoms with Gasteiger partial charge in [-0.15, -0.1) is 12.4 Å². The molecule has 118 valence electrons. The second-order valence-corrected chi connectivity index (χ2v) is 5.21. The van der Waals surface area contributed by atoms with E-state index in [1.54, 1.807) is 4.90 Å². The van der Waals surface area contributed by atoms with Crippen LogP contribution in [0.5, 0.6) is 0 Å². The highest BCUT2D eigenvalue weighted by molar-refractivity contribution is 6.31. The number of piperazine rings is 1. The lowest BCUT2D eigenvalue weighted by atomic mass is 10.1. The lowest BCUT2D eigenvalue weighted by molar-refractivity contribution is -0.137. The summed E-state index contributed by atoms with van der Waals surface area (Å²) in [5.74, 6) is -0.402. The van der Waals surface area contributed by atoms with Crippen molar-refractivity contribution in [2.75, 3.05) is 19.6 Å². The summed E-state index contributed by atoms with van der Waals surface area (Å²) in [5, 5.41) is 2.77. The van der Waals surface area contributed by atoms with Crippen LogP contribution in [0.3, 0.4) is 0 Å². The topological polar surface area (TPSA) is 32.3 Å². The Bertz CT molecular complexity index is 523. The van der Waals surface area contributed by atoms with Gasteiger partial charge in [-0.2, -0.15) is 13.2 Å². The average molecular weight is 343 g/mol. The van der Waals surface area contributed by atoms with Gasteiger partial charge in [0.1, 0.15) is 0 Å². The van der Waals surface area contributed by atoms with Crippen LogP contribution in [0.4, 0.5) is 13.2 Å². The van der Waals surface area contributed by atoms with Crippen molar-refractivity contribution >= 4 is 29.9 Å². The zero-order valence-corrected chi connectivity index (χ0v) is 12.8. The van der Waals surface area contributed by atoms with Crippen LogP contribution in [0.15, 0.2) is 18.2 Å². The normalized spacial score (nSPS) is 19.1. The van der Waals surface area contributed by atoms with Crippen LogP contribution in [0, 0.1) is 0 Å². The van der Waals surface area contributed by atoms with Gasteiger partial charge in [-0.1, -0.05) is 11.6 Å². The van der Waals surface area contributed by atoms with Crippen molar-refractivity contribution in [1.29, 1.82) is 0 Å². The van der Waals surface area contributed by atoms with Gasteiger partial charge in [0.25, 0.3) is 5.91 Å². The standard InChI is InChI=1S/C13H14ClF3N2O.ClH/c1-8-7-19(5-4-18-8)12(20)9-2-3-11(14)10(6-9)13(15,16)17;/h2-3,6,8,18H,4-5,7H2,1H3;1H/t8-;/m1./s1. The van der Waals surface area contributed by atoms with Crippen LogP contribution in [0.1, 0.15) is 22.8 Å². The highest BCUT2D eigenvalue weighted by atomic mass is 35.5. The molecule has 1 aromatic rings. The van der Waals surface area contributed by atoms with Gasteiger partial charge in [0.15, 0.2) is 0 Å². The molecule has 21 heavy (non-hydrogen) atoms. The average Bonchev–Trinajstić information content (AvgIpc) is 2.37. The number of hydrogen-bond donors (Lipinski definition) is 1. The van der Waals surface area contributed by atoms with Gasteiger partial charge in [-0.05, 0) is 25.1 Å². The number of halogens is 5. The monoisotopic (exact) mass is 342 g/mol. The minimum absolute atomic E-state index is 0. The highest BCUT2D eigenvalue weighted by Gasteiger charge is 2.34. The summed E-state index contributed by atoms with van der Waals surface area (Å²) in [4.78, 5) is 13.8. The first-order chi connectivity index (χ1) is 9.29. The van der Waals surface area contributed by atoms with Crippen molar-refractivity contribution in [3.05, 3.63) is 34.3 Å². The number of nitrogens with one attached hydrogen (secondary N) is 1. The van der Waals surface area contributed by atoms with Gasteiger partial charge in [-0.3, -0.25) is 4.79 Å². The first kappa shape index (κ1) is 18.1. The zero-order chi connectivity index (χ0) is 14.9. The molecular formula is C13H15Cl2F3N2O. The second-order valence-electron chi connectivity index (χ2n) is 4.80. The fourth-order valence-electron chi connectivity index (χ4n) is 2.17. The molecule has 1 fully saturated rings. The highest BCUT2D eigenvalue weighted by Crippen LogP contribution is 2.35. The van der Waals surface area contributed by atoms with E-state index in [1.807, 2.05) is 6.92 Å². The molecule has 3 nitrogen and oxygen atoms in total. The summed E-state index contributed by atoms with van der Waals surface area (Å²) in [6.45, 7) is 3.50. The second kappa shape index (κ2) is 6.85. The third-order valence-electron chi connectivity index (χ3n) is 3.17. The number of carbonyl (C=O) groups is 1.